The van der Waals surface area contributed by atoms with Crippen LogP contribution in [0.25, 0.3) is 0 Å². The van der Waals surface area contributed by atoms with Gasteiger partial charge in [-0.1, -0.05) is 12.1 Å². The quantitative estimate of drug-likeness (QED) is 0.908. The highest BCUT2D eigenvalue weighted by atomic mass is 19.1. The van der Waals surface area contributed by atoms with Crippen LogP contribution in [0.15, 0.2) is 42.5 Å². The minimum absolute atomic E-state index is 0.263. The average molecular weight is 276 g/mol. The van der Waals surface area contributed by atoms with Crippen molar-refractivity contribution in [1.29, 1.82) is 0 Å². The molecule has 0 aliphatic rings. The molecule has 0 heterocycles. The van der Waals surface area contributed by atoms with Crippen molar-refractivity contribution in [3.63, 3.8) is 0 Å². The van der Waals surface area contributed by atoms with Crippen LogP contribution >= 0.6 is 0 Å². The Hall–Kier alpha value is -2.07. The third kappa shape index (κ3) is 3.48. The first-order chi connectivity index (χ1) is 9.60. The Morgan fingerprint density at radius 2 is 1.95 bits per heavy atom. The Balaban J connectivity index is 2.05. The fraction of sp³-hybridized carbons (Fsp3) is 0.250. The van der Waals surface area contributed by atoms with E-state index in [-0.39, 0.29) is 5.56 Å². The summed E-state index contributed by atoms with van der Waals surface area (Å²) >= 11 is 0. The molecule has 0 aliphatic heterocycles. The second kappa shape index (κ2) is 6.39. The lowest BCUT2D eigenvalue weighted by molar-refractivity contribution is 0.194. The first kappa shape index (κ1) is 14.3. The third-order valence-electron chi connectivity index (χ3n) is 2.96. The number of ether oxygens (including phenoxy) is 2. The van der Waals surface area contributed by atoms with Gasteiger partial charge in [0.15, 0.2) is 0 Å². The molecule has 0 spiro atoms. The van der Waals surface area contributed by atoms with E-state index < -0.39 is 11.9 Å². The first-order valence-corrected chi connectivity index (χ1v) is 6.33. The molecule has 0 unspecified atom stereocenters. The zero-order chi connectivity index (χ0) is 14.5. The summed E-state index contributed by atoms with van der Waals surface area (Å²) in [7, 11) is 1.60. The summed E-state index contributed by atoms with van der Waals surface area (Å²) in [5.41, 5.74) is 1.20. The maximum Gasteiger partial charge on any atom is 0.132 e. The second-order valence-electron chi connectivity index (χ2n) is 4.50. The molecule has 0 amide bonds. The third-order valence-corrected chi connectivity index (χ3v) is 2.96. The minimum Gasteiger partial charge on any atom is -0.497 e. The van der Waals surface area contributed by atoms with Gasteiger partial charge < -0.3 is 14.6 Å². The predicted octanol–water partition coefficient (Wildman–Crippen LogP) is 3.47. The molecule has 2 aromatic carbocycles. The van der Waals surface area contributed by atoms with Gasteiger partial charge in [-0.3, -0.25) is 0 Å². The lowest BCUT2D eigenvalue weighted by atomic mass is 10.1. The fourth-order valence-corrected chi connectivity index (χ4v) is 1.87. The summed E-state index contributed by atoms with van der Waals surface area (Å²) in [5, 5.41) is 9.37. The van der Waals surface area contributed by atoms with Crippen LogP contribution in [0.4, 0.5) is 4.39 Å². The van der Waals surface area contributed by atoms with Crippen molar-refractivity contribution in [3.05, 3.63) is 59.4 Å². The summed E-state index contributed by atoms with van der Waals surface area (Å²) in [6, 6.07) is 11.9. The molecule has 0 radical (unpaired) electrons. The molecule has 4 heteroatoms. The van der Waals surface area contributed by atoms with Crippen LogP contribution in [0.2, 0.25) is 0 Å². The summed E-state index contributed by atoms with van der Waals surface area (Å²) < 4.78 is 24.3. The van der Waals surface area contributed by atoms with Crippen molar-refractivity contribution in [1.82, 2.24) is 0 Å². The first-order valence-electron chi connectivity index (χ1n) is 6.33. The fourth-order valence-electron chi connectivity index (χ4n) is 1.87. The molecule has 0 fully saturated rings. The number of hydrogen-bond donors (Lipinski definition) is 1. The highest BCUT2D eigenvalue weighted by Crippen LogP contribution is 2.22. The lowest BCUT2D eigenvalue weighted by Crippen LogP contribution is -1.99. The van der Waals surface area contributed by atoms with E-state index >= 15 is 0 Å². The normalized spacial score (nSPS) is 12.0. The molecular formula is C16H17FO3. The molecule has 3 nitrogen and oxygen atoms in total. The summed E-state index contributed by atoms with van der Waals surface area (Å²) in [5.74, 6) is 0.708. The molecule has 0 saturated carbocycles. The Labute approximate surface area is 117 Å². The molecule has 1 N–H and O–H groups in total. The Bertz CT molecular complexity index is 582. The maximum atomic E-state index is 13.7. The van der Waals surface area contributed by atoms with E-state index in [0.29, 0.717) is 12.4 Å². The lowest BCUT2D eigenvalue weighted by Gasteiger charge is -2.10. The van der Waals surface area contributed by atoms with Crippen LogP contribution in [0.1, 0.15) is 24.2 Å². The molecule has 0 bridgehead atoms. The second-order valence-corrected chi connectivity index (χ2v) is 4.50. The van der Waals surface area contributed by atoms with Gasteiger partial charge in [-0.05, 0) is 36.8 Å². The van der Waals surface area contributed by atoms with E-state index in [1.807, 2.05) is 24.3 Å². The van der Waals surface area contributed by atoms with Gasteiger partial charge in [0.25, 0.3) is 0 Å². The van der Waals surface area contributed by atoms with Crippen molar-refractivity contribution in [2.24, 2.45) is 0 Å². The van der Waals surface area contributed by atoms with Crippen LogP contribution in [0, 0.1) is 5.82 Å². The molecule has 0 aliphatic carbocycles. The van der Waals surface area contributed by atoms with Crippen LogP contribution in [-0.4, -0.2) is 12.2 Å². The van der Waals surface area contributed by atoms with Crippen LogP contribution in [0.5, 0.6) is 11.5 Å². The summed E-state index contributed by atoms with van der Waals surface area (Å²) in [6.07, 6.45) is -0.831. The van der Waals surface area contributed by atoms with Gasteiger partial charge in [0, 0.05) is 11.6 Å². The molecule has 1 atom stereocenters. The van der Waals surface area contributed by atoms with Crippen molar-refractivity contribution < 1.29 is 19.0 Å². The maximum absolute atomic E-state index is 13.7. The zero-order valence-corrected chi connectivity index (χ0v) is 11.5. The van der Waals surface area contributed by atoms with Gasteiger partial charge in [-0.25, -0.2) is 4.39 Å². The highest BCUT2D eigenvalue weighted by Gasteiger charge is 2.09. The van der Waals surface area contributed by atoms with Crippen LogP contribution in [-0.2, 0) is 6.61 Å². The predicted molar refractivity (Wildman–Crippen MR) is 74.4 cm³/mol. The van der Waals surface area contributed by atoms with E-state index in [9.17, 15) is 9.50 Å². The Morgan fingerprint density at radius 1 is 1.15 bits per heavy atom. The van der Waals surface area contributed by atoms with E-state index in [0.717, 1.165) is 11.3 Å². The standard InChI is InChI=1S/C16H17FO3/c1-11(18)15-7-6-14(9-16(15)17)20-10-12-4-3-5-13(8-12)19-2/h3-9,11,18H,10H2,1-2H3/t11-/m0/s1. The molecule has 20 heavy (non-hydrogen) atoms. The highest BCUT2D eigenvalue weighted by molar-refractivity contribution is 5.31. The summed E-state index contributed by atoms with van der Waals surface area (Å²) in [4.78, 5) is 0. The minimum atomic E-state index is -0.831. The Kier molecular flexibility index (Phi) is 4.58. The van der Waals surface area contributed by atoms with Gasteiger partial charge in [0.05, 0.1) is 13.2 Å². The average Bonchev–Trinajstić information content (AvgIpc) is 2.45. The van der Waals surface area contributed by atoms with Crippen LogP contribution in [0.3, 0.4) is 0 Å². The Morgan fingerprint density at radius 3 is 2.60 bits per heavy atom. The number of hydrogen-bond acceptors (Lipinski definition) is 3. The number of halogens is 1. The van der Waals surface area contributed by atoms with E-state index in [4.69, 9.17) is 9.47 Å². The monoisotopic (exact) mass is 276 g/mol. The molecular weight excluding hydrogens is 259 g/mol. The van der Waals surface area contributed by atoms with E-state index in [1.54, 1.807) is 13.2 Å². The topological polar surface area (TPSA) is 38.7 Å². The number of methoxy groups -OCH3 is 1. The van der Waals surface area contributed by atoms with E-state index in [2.05, 4.69) is 0 Å². The molecule has 106 valence electrons. The van der Waals surface area contributed by atoms with E-state index in [1.165, 1.54) is 19.1 Å². The van der Waals surface area contributed by atoms with Gasteiger partial charge in [-0.2, -0.15) is 0 Å². The molecule has 2 aromatic rings. The number of aliphatic hydroxyl groups excluding tert-OH is 1. The summed E-state index contributed by atoms with van der Waals surface area (Å²) in [6.45, 7) is 1.85. The van der Waals surface area contributed by atoms with Gasteiger partial charge in [0.1, 0.15) is 23.9 Å². The number of benzene rings is 2. The number of aliphatic hydroxyl groups is 1. The molecule has 0 aromatic heterocycles. The van der Waals surface area contributed by atoms with Gasteiger partial charge >= 0.3 is 0 Å². The molecule has 0 saturated heterocycles. The number of rotatable bonds is 5. The van der Waals surface area contributed by atoms with Crippen molar-refractivity contribution >= 4 is 0 Å². The van der Waals surface area contributed by atoms with Crippen molar-refractivity contribution in [2.75, 3.05) is 7.11 Å². The van der Waals surface area contributed by atoms with Gasteiger partial charge in [-0.15, -0.1) is 0 Å². The van der Waals surface area contributed by atoms with Crippen molar-refractivity contribution in [2.45, 2.75) is 19.6 Å². The largest absolute Gasteiger partial charge is 0.497 e. The zero-order valence-electron chi connectivity index (χ0n) is 11.5. The smallest absolute Gasteiger partial charge is 0.132 e. The van der Waals surface area contributed by atoms with Crippen molar-refractivity contribution in [3.8, 4) is 11.5 Å². The van der Waals surface area contributed by atoms with Crippen LogP contribution < -0.4 is 9.47 Å². The SMILES string of the molecule is COc1cccc(COc2ccc([C@H](C)O)c(F)c2)c1. The van der Waals surface area contributed by atoms with Gasteiger partial charge in [0.2, 0.25) is 0 Å². The molecule has 2 rings (SSSR count).